The van der Waals surface area contributed by atoms with Gasteiger partial charge in [0.15, 0.2) is 5.69 Å². The molecule has 0 aliphatic heterocycles. The molecule has 0 saturated heterocycles. The lowest BCUT2D eigenvalue weighted by molar-refractivity contribution is -0.141. The third-order valence-corrected chi connectivity index (χ3v) is 3.23. The first kappa shape index (κ1) is 17.5. The normalized spacial score (nSPS) is 12.0. The molecule has 0 atom stereocenters. The molecule has 0 unspecified atom stereocenters. The van der Waals surface area contributed by atoms with Crippen LogP contribution in [-0.4, -0.2) is 46.8 Å². The van der Waals surface area contributed by atoms with Crippen molar-refractivity contribution in [2.75, 3.05) is 26.2 Å². The van der Waals surface area contributed by atoms with Crippen LogP contribution in [-0.2, 0) is 13.2 Å². The minimum absolute atomic E-state index is 0.0924. The molecule has 0 radical (unpaired) electrons. The number of carbonyl (C=O) groups excluding carboxylic acids is 1. The van der Waals surface area contributed by atoms with Crippen LogP contribution in [0.5, 0.6) is 0 Å². The number of rotatable bonds is 7. The Balaban J connectivity index is 2.51. The Hall–Kier alpha value is -1.57. The molecule has 0 aliphatic carbocycles. The van der Waals surface area contributed by atoms with Gasteiger partial charge in [0.2, 0.25) is 0 Å². The zero-order valence-corrected chi connectivity index (χ0v) is 12.5. The molecule has 8 heteroatoms. The van der Waals surface area contributed by atoms with Crippen LogP contribution in [0.2, 0.25) is 0 Å². The predicted molar refractivity (Wildman–Crippen MR) is 72.9 cm³/mol. The smallest absolute Gasteiger partial charge is 0.351 e. The Morgan fingerprint density at radius 3 is 2.48 bits per heavy atom. The third-order valence-electron chi connectivity index (χ3n) is 3.23. The SMILES string of the molecule is CCN(CC)CCCNC(=O)c1cc(C(F)(F)F)nn1C. The standard InChI is InChI=1S/C13H21F3N4O/c1-4-20(5-2)8-6-7-17-12(21)10-9-11(13(14,15)16)18-19(10)3/h9H,4-8H2,1-3H3,(H,17,21). The Labute approximate surface area is 122 Å². The maximum atomic E-state index is 12.5. The van der Waals surface area contributed by atoms with Gasteiger partial charge in [-0.05, 0) is 26.1 Å². The van der Waals surface area contributed by atoms with Gasteiger partial charge in [0.05, 0.1) is 0 Å². The molecule has 1 rings (SSSR count). The number of halogens is 3. The summed E-state index contributed by atoms with van der Waals surface area (Å²) in [4.78, 5) is 14.0. The van der Waals surface area contributed by atoms with Crippen molar-refractivity contribution in [2.24, 2.45) is 7.05 Å². The van der Waals surface area contributed by atoms with Crippen molar-refractivity contribution >= 4 is 5.91 Å². The van der Waals surface area contributed by atoms with Gasteiger partial charge >= 0.3 is 6.18 Å². The van der Waals surface area contributed by atoms with E-state index in [9.17, 15) is 18.0 Å². The molecule has 120 valence electrons. The molecule has 1 N–H and O–H groups in total. The molecular weight excluding hydrogens is 285 g/mol. The lowest BCUT2D eigenvalue weighted by Gasteiger charge is -2.17. The van der Waals surface area contributed by atoms with E-state index in [1.165, 1.54) is 7.05 Å². The molecule has 0 bridgehead atoms. The second-order valence-corrected chi connectivity index (χ2v) is 4.67. The van der Waals surface area contributed by atoms with Crippen LogP contribution in [0.1, 0.15) is 36.5 Å². The van der Waals surface area contributed by atoms with E-state index >= 15 is 0 Å². The first-order valence-electron chi connectivity index (χ1n) is 6.91. The number of nitrogens with zero attached hydrogens (tertiary/aromatic N) is 3. The van der Waals surface area contributed by atoms with Crippen molar-refractivity contribution in [3.8, 4) is 0 Å². The highest BCUT2D eigenvalue weighted by Gasteiger charge is 2.35. The van der Waals surface area contributed by atoms with Crippen molar-refractivity contribution in [1.29, 1.82) is 0 Å². The van der Waals surface area contributed by atoms with E-state index in [1.807, 2.05) is 0 Å². The van der Waals surface area contributed by atoms with E-state index in [0.717, 1.165) is 36.8 Å². The average molecular weight is 306 g/mol. The highest BCUT2D eigenvalue weighted by atomic mass is 19.4. The molecule has 0 aliphatic rings. The van der Waals surface area contributed by atoms with E-state index in [1.54, 1.807) is 0 Å². The number of hydrogen-bond acceptors (Lipinski definition) is 3. The fourth-order valence-electron chi connectivity index (χ4n) is 1.95. The minimum Gasteiger partial charge on any atom is -0.351 e. The maximum absolute atomic E-state index is 12.5. The maximum Gasteiger partial charge on any atom is 0.435 e. The summed E-state index contributed by atoms with van der Waals surface area (Å²) in [6.07, 6.45) is -3.80. The summed E-state index contributed by atoms with van der Waals surface area (Å²) in [7, 11) is 1.32. The zero-order chi connectivity index (χ0) is 16.0. The summed E-state index contributed by atoms with van der Waals surface area (Å²) in [6.45, 7) is 7.23. The molecule has 0 spiro atoms. The van der Waals surface area contributed by atoms with Crippen LogP contribution < -0.4 is 5.32 Å². The van der Waals surface area contributed by atoms with Gasteiger partial charge < -0.3 is 10.2 Å². The number of aromatic nitrogens is 2. The van der Waals surface area contributed by atoms with Crippen LogP contribution in [0.4, 0.5) is 13.2 Å². The number of aryl methyl sites for hydroxylation is 1. The van der Waals surface area contributed by atoms with Crippen molar-refractivity contribution < 1.29 is 18.0 Å². The molecule has 0 aromatic carbocycles. The van der Waals surface area contributed by atoms with E-state index in [0.29, 0.717) is 6.54 Å². The Morgan fingerprint density at radius 2 is 2.00 bits per heavy atom. The number of hydrogen-bond donors (Lipinski definition) is 1. The second kappa shape index (κ2) is 7.44. The van der Waals surface area contributed by atoms with E-state index in [-0.39, 0.29) is 5.69 Å². The third kappa shape index (κ3) is 5.04. The van der Waals surface area contributed by atoms with Crippen molar-refractivity contribution in [1.82, 2.24) is 20.0 Å². The van der Waals surface area contributed by atoms with Crippen LogP contribution in [0.25, 0.3) is 0 Å². The lowest BCUT2D eigenvalue weighted by Crippen LogP contribution is -2.30. The molecule has 1 aromatic rings. The molecular formula is C13H21F3N4O. The van der Waals surface area contributed by atoms with Gasteiger partial charge in [-0.2, -0.15) is 18.3 Å². The second-order valence-electron chi connectivity index (χ2n) is 4.67. The first-order valence-corrected chi connectivity index (χ1v) is 6.91. The molecule has 1 amide bonds. The monoisotopic (exact) mass is 306 g/mol. The molecule has 0 fully saturated rings. The molecule has 5 nitrogen and oxygen atoms in total. The summed E-state index contributed by atoms with van der Waals surface area (Å²) in [5, 5.41) is 5.92. The molecule has 1 heterocycles. The van der Waals surface area contributed by atoms with Gasteiger partial charge in [0.25, 0.3) is 5.91 Å². The van der Waals surface area contributed by atoms with Gasteiger partial charge in [-0.15, -0.1) is 0 Å². The molecule has 21 heavy (non-hydrogen) atoms. The summed E-state index contributed by atoms with van der Waals surface area (Å²) in [5.74, 6) is -0.542. The highest BCUT2D eigenvalue weighted by Crippen LogP contribution is 2.28. The fraction of sp³-hybridized carbons (Fsp3) is 0.692. The number of alkyl halides is 3. The van der Waals surface area contributed by atoms with E-state index in [2.05, 4.69) is 29.2 Å². The minimum atomic E-state index is -4.54. The summed E-state index contributed by atoms with van der Waals surface area (Å²) in [5.41, 5.74) is -1.15. The Morgan fingerprint density at radius 1 is 1.38 bits per heavy atom. The average Bonchev–Trinajstić information content (AvgIpc) is 2.81. The van der Waals surface area contributed by atoms with Gasteiger partial charge in [-0.3, -0.25) is 9.48 Å². The van der Waals surface area contributed by atoms with Crippen LogP contribution in [0, 0.1) is 0 Å². The Bertz CT molecular complexity index is 466. The van der Waals surface area contributed by atoms with Crippen LogP contribution in [0.3, 0.4) is 0 Å². The van der Waals surface area contributed by atoms with Crippen LogP contribution in [0.15, 0.2) is 6.07 Å². The summed E-state index contributed by atoms with van der Waals surface area (Å²) < 4.78 is 38.5. The molecule has 1 aromatic heterocycles. The van der Waals surface area contributed by atoms with Gasteiger partial charge in [-0.25, -0.2) is 0 Å². The van der Waals surface area contributed by atoms with Crippen molar-refractivity contribution in [2.45, 2.75) is 26.4 Å². The number of amides is 1. The number of carbonyl (C=O) groups is 1. The quantitative estimate of drug-likeness (QED) is 0.783. The van der Waals surface area contributed by atoms with Crippen molar-refractivity contribution in [3.63, 3.8) is 0 Å². The fourth-order valence-corrected chi connectivity index (χ4v) is 1.95. The predicted octanol–water partition coefficient (Wildman–Crippen LogP) is 1.90. The van der Waals surface area contributed by atoms with E-state index in [4.69, 9.17) is 0 Å². The van der Waals surface area contributed by atoms with Gasteiger partial charge in [0, 0.05) is 19.7 Å². The topological polar surface area (TPSA) is 50.2 Å². The summed E-state index contributed by atoms with van der Waals surface area (Å²) >= 11 is 0. The van der Waals surface area contributed by atoms with Crippen molar-refractivity contribution in [3.05, 3.63) is 17.5 Å². The lowest BCUT2D eigenvalue weighted by atomic mass is 10.3. The Kier molecular flexibility index (Phi) is 6.19. The highest BCUT2D eigenvalue weighted by molar-refractivity contribution is 5.92. The van der Waals surface area contributed by atoms with Gasteiger partial charge in [-0.1, -0.05) is 13.8 Å². The first-order chi connectivity index (χ1) is 9.79. The number of nitrogens with one attached hydrogen (secondary N) is 1. The molecule has 0 saturated carbocycles. The zero-order valence-electron chi connectivity index (χ0n) is 12.5. The van der Waals surface area contributed by atoms with Crippen LogP contribution >= 0.6 is 0 Å². The largest absolute Gasteiger partial charge is 0.435 e. The van der Waals surface area contributed by atoms with E-state index < -0.39 is 17.8 Å². The van der Waals surface area contributed by atoms with Gasteiger partial charge in [0.1, 0.15) is 5.69 Å². The summed E-state index contributed by atoms with van der Waals surface area (Å²) in [6, 6.07) is 0.764.